The Morgan fingerprint density at radius 2 is 1.76 bits per heavy atom. The van der Waals surface area contributed by atoms with E-state index in [0.29, 0.717) is 24.6 Å². The maximum Gasteiger partial charge on any atom is 0.414 e. The van der Waals surface area contributed by atoms with E-state index in [1.54, 1.807) is 7.05 Å². The summed E-state index contributed by atoms with van der Waals surface area (Å²) in [6, 6.07) is 16.5. The van der Waals surface area contributed by atoms with Gasteiger partial charge >= 0.3 is 6.09 Å². The first-order valence-corrected chi connectivity index (χ1v) is 9.81. The normalized spacial score (nSPS) is 19.9. The van der Waals surface area contributed by atoms with Gasteiger partial charge in [0.25, 0.3) is 0 Å². The smallest absolute Gasteiger partial charge is 0.414 e. The molecule has 5 rings (SSSR count). The minimum absolute atomic E-state index is 0.0136. The Kier molecular flexibility index (Phi) is 4.32. The third-order valence-electron chi connectivity index (χ3n) is 5.82. The molecule has 2 aliphatic rings. The molecule has 148 valence electrons. The van der Waals surface area contributed by atoms with Crippen LogP contribution in [0.2, 0.25) is 0 Å². The van der Waals surface area contributed by atoms with Crippen LogP contribution in [0.1, 0.15) is 41.6 Å². The first-order valence-electron chi connectivity index (χ1n) is 9.81. The summed E-state index contributed by atoms with van der Waals surface area (Å²) in [6.07, 6.45) is 0.493. The van der Waals surface area contributed by atoms with Crippen LogP contribution in [0.4, 0.5) is 10.7 Å². The van der Waals surface area contributed by atoms with Crippen LogP contribution in [-0.2, 0) is 11.8 Å². The highest BCUT2D eigenvalue weighted by atomic mass is 16.5. The SMILES string of the molecule is Cn1nc(C2CC(O)C2)nc1NC(=O)OCC1c2ccccc2-c2ccccc21. The Morgan fingerprint density at radius 1 is 1.14 bits per heavy atom. The topological polar surface area (TPSA) is 89.3 Å². The van der Waals surface area contributed by atoms with Crippen molar-refractivity contribution in [1.29, 1.82) is 0 Å². The van der Waals surface area contributed by atoms with Gasteiger partial charge in [-0.2, -0.15) is 10.1 Å². The maximum absolute atomic E-state index is 12.4. The van der Waals surface area contributed by atoms with Gasteiger partial charge in [0.2, 0.25) is 5.95 Å². The average molecular weight is 390 g/mol. The Morgan fingerprint density at radius 3 is 2.38 bits per heavy atom. The van der Waals surface area contributed by atoms with Crippen molar-refractivity contribution in [2.75, 3.05) is 11.9 Å². The van der Waals surface area contributed by atoms with Crippen LogP contribution in [0.3, 0.4) is 0 Å². The van der Waals surface area contributed by atoms with E-state index in [-0.39, 0.29) is 24.5 Å². The third-order valence-corrected chi connectivity index (χ3v) is 5.82. The standard InChI is InChI=1S/C22H22N4O3/c1-26-21(23-20(25-26)13-10-14(27)11-13)24-22(28)29-12-19-17-8-4-2-6-15(17)16-7-3-5-9-18(16)19/h2-9,13-14,19,27H,10-12H2,1H3,(H,23,24,25,28). The number of benzene rings is 2. The van der Waals surface area contributed by atoms with E-state index < -0.39 is 6.09 Å². The Labute approximate surface area is 168 Å². The summed E-state index contributed by atoms with van der Waals surface area (Å²) in [5, 5.41) is 16.5. The highest BCUT2D eigenvalue weighted by Crippen LogP contribution is 2.44. The minimum Gasteiger partial charge on any atom is -0.448 e. The van der Waals surface area contributed by atoms with Crippen LogP contribution in [-0.4, -0.2) is 38.7 Å². The summed E-state index contributed by atoms with van der Waals surface area (Å²) in [5.41, 5.74) is 4.73. The first-order chi connectivity index (χ1) is 14.1. The molecule has 0 bridgehead atoms. The third kappa shape index (κ3) is 3.17. The summed E-state index contributed by atoms with van der Waals surface area (Å²) in [6.45, 7) is 0.249. The highest BCUT2D eigenvalue weighted by molar-refractivity contribution is 5.83. The lowest BCUT2D eigenvalue weighted by molar-refractivity contribution is 0.0716. The fourth-order valence-corrected chi connectivity index (χ4v) is 4.21. The monoisotopic (exact) mass is 390 g/mol. The zero-order valence-corrected chi connectivity index (χ0v) is 16.1. The van der Waals surface area contributed by atoms with Gasteiger partial charge in [-0.05, 0) is 35.1 Å². The number of hydrogen-bond donors (Lipinski definition) is 2. The number of amides is 1. The molecule has 0 aliphatic heterocycles. The van der Waals surface area contributed by atoms with Crippen LogP contribution in [0.5, 0.6) is 0 Å². The van der Waals surface area contributed by atoms with Gasteiger partial charge in [-0.1, -0.05) is 48.5 Å². The number of nitrogens with zero attached hydrogens (tertiary/aromatic N) is 3. The van der Waals surface area contributed by atoms with Crippen molar-refractivity contribution < 1.29 is 14.6 Å². The molecule has 0 spiro atoms. The van der Waals surface area contributed by atoms with Gasteiger partial charge in [0, 0.05) is 18.9 Å². The molecule has 2 aliphatic carbocycles. The van der Waals surface area contributed by atoms with Crippen molar-refractivity contribution >= 4 is 12.0 Å². The fourth-order valence-electron chi connectivity index (χ4n) is 4.21. The average Bonchev–Trinajstić information content (AvgIpc) is 3.22. The van der Waals surface area contributed by atoms with Crippen LogP contribution in [0, 0.1) is 0 Å². The van der Waals surface area contributed by atoms with Gasteiger partial charge in [-0.25, -0.2) is 9.48 Å². The van der Waals surface area contributed by atoms with Crippen molar-refractivity contribution in [3.05, 3.63) is 65.5 Å². The van der Waals surface area contributed by atoms with Gasteiger partial charge in [-0.15, -0.1) is 0 Å². The minimum atomic E-state index is -0.553. The van der Waals surface area contributed by atoms with E-state index in [1.807, 2.05) is 24.3 Å². The molecule has 1 heterocycles. The zero-order valence-electron chi connectivity index (χ0n) is 16.1. The highest BCUT2D eigenvalue weighted by Gasteiger charge is 2.32. The number of ether oxygens (including phenoxy) is 1. The second-order valence-electron chi connectivity index (χ2n) is 7.69. The summed E-state index contributed by atoms with van der Waals surface area (Å²) in [5.74, 6) is 1.15. The number of hydrogen-bond acceptors (Lipinski definition) is 5. The molecular weight excluding hydrogens is 368 g/mol. The second-order valence-corrected chi connectivity index (χ2v) is 7.69. The largest absolute Gasteiger partial charge is 0.448 e. The molecule has 7 heteroatoms. The van der Waals surface area contributed by atoms with Gasteiger partial charge in [0.1, 0.15) is 6.61 Å². The Balaban J connectivity index is 1.27. The summed E-state index contributed by atoms with van der Waals surface area (Å²) in [7, 11) is 1.73. The first kappa shape index (κ1) is 17.9. The van der Waals surface area contributed by atoms with E-state index in [2.05, 4.69) is 39.7 Å². The number of aryl methyl sites for hydroxylation is 1. The van der Waals surface area contributed by atoms with E-state index in [9.17, 15) is 9.90 Å². The number of nitrogens with one attached hydrogen (secondary N) is 1. The molecular formula is C22H22N4O3. The quantitative estimate of drug-likeness (QED) is 0.713. The molecule has 1 aromatic heterocycles. The lowest BCUT2D eigenvalue weighted by Gasteiger charge is -2.28. The van der Waals surface area contributed by atoms with Gasteiger partial charge in [0.05, 0.1) is 6.10 Å². The zero-order chi connectivity index (χ0) is 20.0. The van der Waals surface area contributed by atoms with Gasteiger partial charge < -0.3 is 9.84 Å². The van der Waals surface area contributed by atoms with Crippen LogP contribution in [0.25, 0.3) is 11.1 Å². The van der Waals surface area contributed by atoms with Crippen molar-refractivity contribution in [1.82, 2.24) is 14.8 Å². The number of aliphatic hydroxyl groups is 1. The molecule has 0 unspecified atom stereocenters. The van der Waals surface area contributed by atoms with Crippen LogP contribution < -0.4 is 5.32 Å². The Hall–Kier alpha value is -3.19. The summed E-state index contributed by atoms with van der Waals surface area (Å²) >= 11 is 0. The number of aliphatic hydroxyl groups excluding tert-OH is 1. The second kappa shape index (κ2) is 7.00. The molecule has 3 aromatic rings. The lowest BCUT2D eigenvalue weighted by atomic mass is 9.82. The molecule has 2 aromatic carbocycles. The summed E-state index contributed by atoms with van der Waals surface area (Å²) < 4.78 is 7.08. The maximum atomic E-state index is 12.4. The molecule has 7 nitrogen and oxygen atoms in total. The van der Waals surface area contributed by atoms with Crippen LogP contribution in [0.15, 0.2) is 48.5 Å². The molecule has 0 atom stereocenters. The number of carbonyl (C=O) groups excluding carboxylic acids is 1. The van der Waals surface area contributed by atoms with Gasteiger partial charge in [-0.3, -0.25) is 5.32 Å². The van der Waals surface area contributed by atoms with E-state index in [1.165, 1.54) is 26.9 Å². The lowest BCUT2D eigenvalue weighted by Crippen LogP contribution is -2.27. The molecule has 2 N–H and O–H groups in total. The van der Waals surface area contributed by atoms with E-state index in [0.717, 1.165) is 0 Å². The van der Waals surface area contributed by atoms with Crippen molar-refractivity contribution in [3.8, 4) is 11.1 Å². The number of aromatic nitrogens is 3. The molecule has 0 saturated heterocycles. The number of anilines is 1. The Bertz CT molecular complexity index is 1030. The fraction of sp³-hybridized carbons (Fsp3) is 0.318. The number of fused-ring (bicyclic) bond motifs is 3. The van der Waals surface area contributed by atoms with Crippen molar-refractivity contribution in [2.24, 2.45) is 7.05 Å². The molecule has 29 heavy (non-hydrogen) atoms. The molecule has 0 radical (unpaired) electrons. The summed E-state index contributed by atoms with van der Waals surface area (Å²) in [4.78, 5) is 16.8. The van der Waals surface area contributed by atoms with E-state index in [4.69, 9.17) is 4.74 Å². The van der Waals surface area contributed by atoms with Crippen molar-refractivity contribution in [3.63, 3.8) is 0 Å². The van der Waals surface area contributed by atoms with Crippen LogP contribution >= 0.6 is 0 Å². The molecule has 1 saturated carbocycles. The van der Waals surface area contributed by atoms with Crippen molar-refractivity contribution in [2.45, 2.75) is 30.8 Å². The number of carbonyl (C=O) groups is 1. The van der Waals surface area contributed by atoms with Gasteiger partial charge in [0.15, 0.2) is 5.82 Å². The molecule has 1 amide bonds. The predicted molar refractivity (Wildman–Crippen MR) is 108 cm³/mol. The van der Waals surface area contributed by atoms with E-state index >= 15 is 0 Å². The predicted octanol–water partition coefficient (Wildman–Crippen LogP) is 3.41. The number of rotatable bonds is 4. The molecule has 1 fully saturated rings.